The lowest BCUT2D eigenvalue weighted by atomic mass is 10.1. The molecule has 0 saturated carbocycles. The molecule has 2 aromatic carbocycles. The van der Waals surface area contributed by atoms with E-state index in [2.05, 4.69) is 10.6 Å². The number of benzene rings is 2. The number of aryl methyl sites for hydroxylation is 3. The van der Waals surface area contributed by atoms with Crippen LogP contribution in [0.4, 0.5) is 11.4 Å². The largest absolute Gasteiger partial charge is 0.348 e. The molecule has 2 rings (SSSR count). The Balaban J connectivity index is 2.12. The van der Waals surface area contributed by atoms with Crippen LogP contribution in [0.15, 0.2) is 42.5 Å². The van der Waals surface area contributed by atoms with Crippen LogP contribution in [0.1, 0.15) is 16.7 Å². The van der Waals surface area contributed by atoms with Crippen molar-refractivity contribution in [1.82, 2.24) is 0 Å². The minimum atomic E-state index is -1.06. The Morgan fingerprint density at radius 2 is 1.71 bits per heavy atom. The zero-order valence-corrected chi connectivity index (χ0v) is 14.7. The number of thiocarbonyl (C=S) groups is 1. The average Bonchev–Trinajstić information content (AvgIpc) is 2.53. The molecule has 0 aromatic heterocycles. The van der Waals surface area contributed by atoms with Crippen LogP contribution in [0.25, 0.3) is 0 Å². The van der Waals surface area contributed by atoms with Crippen LogP contribution < -0.4 is 10.6 Å². The number of carbonyl (C=O) groups excluding carboxylic acids is 1. The maximum Gasteiger partial charge on any atom is 0.248 e. The quantitative estimate of drug-likeness (QED) is 0.823. The molecule has 0 aliphatic heterocycles. The van der Waals surface area contributed by atoms with Gasteiger partial charge >= 0.3 is 0 Å². The number of amides is 1. The summed E-state index contributed by atoms with van der Waals surface area (Å²) < 4.78 is 0. The van der Waals surface area contributed by atoms with Gasteiger partial charge in [-0.3, -0.25) is 4.79 Å². The fraction of sp³-hybridized carbons (Fsp3) is 0.211. The van der Waals surface area contributed by atoms with Gasteiger partial charge in [-0.1, -0.05) is 48.1 Å². The topological polar surface area (TPSA) is 64.9 Å². The molecule has 0 radical (unpaired) electrons. The van der Waals surface area contributed by atoms with Gasteiger partial charge in [-0.25, -0.2) is 0 Å². The van der Waals surface area contributed by atoms with E-state index < -0.39 is 11.8 Å². The minimum absolute atomic E-state index is 0.190. The third-order valence-corrected chi connectivity index (χ3v) is 4.03. The molecule has 0 bridgehead atoms. The average molecular weight is 337 g/mol. The number of nitrogens with zero attached hydrogens (tertiary/aromatic N) is 1. The predicted molar refractivity (Wildman–Crippen MR) is 101 cm³/mol. The van der Waals surface area contributed by atoms with E-state index >= 15 is 0 Å². The van der Waals surface area contributed by atoms with E-state index in [-0.39, 0.29) is 4.99 Å². The molecular weight excluding hydrogens is 318 g/mol. The summed E-state index contributed by atoms with van der Waals surface area (Å²) in [5, 5.41) is 15.1. The number of rotatable bonds is 4. The molecule has 24 heavy (non-hydrogen) atoms. The molecule has 0 aliphatic rings. The normalized spacial score (nSPS) is 11.2. The van der Waals surface area contributed by atoms with E-state index in [0.717, 1.165) is 22.4 Å². The second-order valence-electron chi connectivity index (χ2n) is 5.67. The SMILES string of the molecule is Cc1ccc(NC(=S)[C@H](C#N)C(=O)Nc2ccccc2C)c(C)c1. The highest BCUT2D eigenvalue weighted by molar-refractivity contribution is 7.80. The fourth-order valence-corrected chi connectivity index (χ4v) is 2.58. The van der Waals surface area contributed by atoms with Crippen molar-refractivity contribution in [2.45, 2.75) is 20.8 Å². The van der Waals surface area contributed by atoms with Gasteiger partial charge < -0.3 is 10.6 Å². The molecule has 1 amide bonds. The standard InChI is InChI=1S/C19H19N3OS/c1-12-8-9-17(14(3)10-12)22-19(24)15(11-20)18(23)21-16-7-5-4-6-13(16)2/h4-10,15H,1-3H3,(H,21,23)(H,22,24)/t15-/m1/s1. The van der Waals surface area contributed by atoms with Crippen molar-refractivity contribution < 1.29 is 4.79 Å². The van der Waals surface area contributed by atoms with Crippen molar-refractivity contribution in [2.75, 3.05) is 10.6 Å². The maximum atomic E-state index is 12.4. The molecule has 2 N–H and O–H groups in total. The number of hydrogen-bond acceptors (Lipinski definition) is 3. The molecule has 1 atom stereocenters. The van der Waals surface area contributed by atoms with Crippen molar-refractivity contribution in [3.05, 3.63) is 59.2 Å². The zero-order chi connectivity index (χ0) is 17.7. The molecule has 0 saturated heterocycles. The number of anilines is 2. The van der Waals surface area contributed by atoms with Gasteiger partial charge in [0, 0.05) is 11.4 Å². The summed E-state index contributed by atoms with van der Waals surface area (Å²) >= 11 is 5.28. The van der Waals surface area contributed by atoms with Gasteiger partial charge in [0.05, 0.1) is 6.07 Å². The Labute approximate surface area is 147 Å². The molecule has 4 nitrogen and oxygen atoms in total. The second kappa shape index (κ2) is 7.71. The van der Waals surface area contributed by atoms with Crippen LogP contribution in [-0.2, 0) is 4.79 Å². The molecule has 5 heteroatoms. The monoisotopic (exact) mass is 337 g/mol. The van der Waals surface area contributed by atoms with Gasteiger partial charge in [0.2, 0.25) is 5.91 Å². The maximum absolute atomic E-state index is 12.4. The summed E-state index contributed by atoms with van der Waals surface area (Å²) in [6.45, 7) is 5.85. The van der Waals surface area contributed by atoms with Gasteiger partial charge in [0.25, 0.3) is 0 Å². The van der Waals surface area contributed by atoms with Crippen LogP contribution in [0.3, 0.4) is 0 Å². The molecular formula is C19H19N3OS. The highest BCUT2D eigenvalue weighted by Gasteiger charge is 2.24. The summed E-state index contributed by atoms with van der Waals surface area (Å²) in [5.74, 6) is -1.49. The fourth-order valence-electron chi connectivity index (χ4n) is 2.31. The van der Waals surface area contributed by atoms with E-state index in [9.17, 15) is 10.1 Å². The Hall–Kier alpha value is -2.71. The van der Waals surface area contributed by atoms with Crippen molar-refractivity contribution >= 4 is 34.5 Å². The molecule has 0 heterocycles. The smallest absolute Gasteiger partial charge is 0.248 e. The number of para-hydroxylation sites is 1. The van der Waals surface area contributed by atoms with Crippen molar-refractivity contribution in [2.24, 2.45) is 5.92 Å². The number of nitriles is 1. The number of nitrogens with one attached hydrogen (secondary N) is 2. The van der Waals surface area contributed by atoms with E-state index in [1.807, 2.05) is 63.2 Å². The Bertz CT molecular complexity index is 824. The lowest BCUT2D eigenvalue weighted by molar-refractivity contribution is -0.116. The van der Waals surface area contributed by atoms with Gasteiger partial charge in [0.15, 0.2) is 5.92 Å². The van der Waals surface area contributed by atoms with Crippen molar-refractivity contribution in [3.8, 4) is 6.07 Å². The first kappa shape index (κ1) is 17.6. The van der Waals surface area contributed by atoms with Crippen LogP contribution in [0.5, 0.6) is 0 Å². The van der Waals surface area contributed by atoms with E-state index in [0.29, 0.717) is 5.69 Å². The van der Waals surface area contributed by atoms with Crippen molar-refractivity contribution in [3.63, 3.8) is 0 Å². The molecule has 0 fully saturated rings. The molecule has 0 aliphatic carbocycles. The Morgan fingerprint density at radius 3 is 2.33 bits per heavy atom. The lowest BCUT2D eigenvalue weighted by Gasteiger charge is -2.16. The van der Waals surface area contributed by atoms with Crippen molar-refractivity contribution in [1.29, 1.82) is 5.26 Å². The molecule has 2 aromatic rings. The summed E-state index contributed by atoms with van der Waals surface area (Å²) in [4.78, 5) is 12.6. The highest BCUT2D eigenvalue weighted by Crippen LogP contribution is 2.19. The summed E-state index contributed by atoms with van der Waals surface area (Å²) in [6.07, 6.45) is 0. The molecule has 122 valence electrons. The predicted octanol–water partition coefficient (Wildman–Crippen LogP) is 4.13. The highest BCUT2D eigenvalue weighted by atomic mass is 32.1. The summed E-state index contributed by atoms with van der Waals surface area (Å²) in [7, 11) is 0. The van der Waals surface area contributed by atoms with Gasteiger partial charge in [-0.15, -0.1) is 0 Å². The molecule has 0 spiro atoms. The number of carbonyl (C=O) groups is 1. The van der Waals surface area contributed by atoms with Crippen LogP contribution in [0, 0.1) is 38.0 Å². The first-order chi connectivity index (χ1) is 11.4. The third-order valence-electron chi connectivity index (χ3n) is 3.70. The van der Waals surface area contributed by atoms with Crippen LogP contribution >= 0.6 is 12.2 Å². The Morgan fingerprint density at radius 1 is 1.04 bits per heavy atom. The van der Waals surface area contributed by atoms with E-state index in [1.165, 1.54) is 0 Å². The van der Waals surface area contributed by atoms with E-state index in [1.54, 1.807) is 6.07 Å². The van der Waals surface area contributed by atoms with E-state index in [4.69, 9.17) is 12.2 Å². The number of hydrogen-bond donors (Lipinski definition) is 2. The van der Waals surface area contributed by atoms with Gasteiger partial charge in [0.1, 0.15) is 4.99 Å². The first-order valence-corrected chi connectivity index (χ1v) is 7.97. The minimum Gasteiger partial charge on any atom is -0.348 e. The lowest BCUT2D eigenvalue weighted by Crippen LogP contribution is -2.32. The first-order valence-electron chi connectivity index (χ1n) is 7.56. The van der Waals surface area contributed by atoms with Crippen LogP contribution in [0.2, 0.25) is 0 Å². The Kier molecular flexibility index (Phi) is 5.67. The summed E-state index contributed by atoms with van der Waals surface area (Å²) in [5.41, 5.74) is 4.55. The third kappa shape index (κ3) is 4.18. The van der Waals surface area contributed by atoms with Gasteiger partial charge in [-0.2, -0.15) is 5.26 Å². The van der Waals surface area contributed by atoms with Gasteiger partial charge in [-0.05, 0) is 44.0 Å². The second-order valence-corrected chi connectivity index (χ2v) is 6.11. The summed E-state index contributed by atoms with van der Waals surface area (Å²) in [6, 6.07) is 15.2. The molecule has 0 unspecified atom stereocenters. The van der Waals surface area contributed by atoms with Crippen LogP contribution in [-0.4, -0.2) is 10.9 Å². The zero-order valence-electron chi connectivity index (χ0n) is 13.9.